The van der Waals surface area contributed by atoms with E-state index in [1.807, 2.05) is 32.0 Å². The van der Waals surface area contributed by atoms with Gasteiger partial charge in [-0.1, -0.05) is 74.9 Å². The van der Waals surface area contributed by atoms with Crippen LogP contribution in [0.5, 0.6) is 5.75 Å². The molecule has 1 aromatic rings. The third kappa shape index (κ3) is 10.9. The van der Waals surface area contributed by atoms with E-state index in [1.165, 1.54) is 6.92 Å². The van der Waals surface area contributed by atoms with Crippen molar-refractivity contribution in [1.29, 1.82) is 0 Å². The minimum absolute atomic E-state index is 0.0446. The second-order valence-corrected chi connectivity index (χ2v) is 22.3. The van der Waals surface area contributed by atoms with E-state index >= 15 is 0 Å². The fraction of sp³-hybridized carbons (Fsp3) is 0.714. The zero-order valence-electron chi connectivity index (χ0n) is 34.5. The molecular formula is C42H65BrO10Si. The lowest BCUT2D eigenvalue weighted by Crippen LogP contribution is -2.60. The van der Waals surface area contributed by atoms with E-state index in [2.05, 4.69) is 81.0 Å². The molecule has 12 atom stereocenters. The number of hydrogen-bond acceptors (Lipinski definition) is 10. The highest BCUT2D eigenvalue weighted by atomic mass is 79.9. The van der Waals surface area contributed by atoms with Gasteiger partial charge < -0.3 is 37.6 Å². The third-order valence-electron chi connectivity index (χ3n) is 12.0. The standard InChI is InChI=1S/C42H65BrO10Si/c1-13-30-15-14-16-35(50-27(4)44)25(2)37(53-54(11,12)42(5,6)7)32-21-19-28(33(32)24-36(45)51-30)17-18-29-23-31(20-22-34(29)43)52-41-40(48-10)39(47-9)38(46-8)26(3)49-41/h17-23,25-26,28,30,32-33,35,37-41H,13-16,24H2,1-12H3/b18-17-/t25-,26+,28+,30+,32+,33-,35+,37+,38+,39-,40-,41+/m1/s1. The predicted molar refractivity (Wildman–Crippen MR) is 216 cm³/mol. The molecule has 0 aromatic heterocycles. The van der Waals surface area contributed by atoms with Crippen LogP contribution < -0.4 is 4.74 Å². The summed E-state index contributed by atoms with van der Waals surface area (Å²) >= 11 is 3.74. The second-order valence-electron chi connectivity index (χ2n) is 16.7. The fourth-order valence-corrected chi connectivity index (χ4v) is 9.62. The molecule has 2 fully saturated rings. The summed E-state index contributed by atoms with van der Waals surface area (Å²) in [4.78, 5) is 26.1. The van der Waals surface area contributed by atoms with Gasteiger partial charge in [-0.05, 0) is 86.3 Å². The van der Waals surface area contributed by atoms with Crippen molar-refractivity contribution in [3.05, 3.63) is 46.5 Å². The van der Waals surface area contributed by atoms with Gasteiger partial charge in [-0.25, -0.2) is 0 Å². The zero-order valence-corrected chi connectivity index (χ0v) is 37.1. The maximum atomic E-state index is 13.7. The number of fused-ring (bicyclic) bond motifs is 1. The second kappa shape index (κ2) is 19.4. The van der Waals surface area contributed by atoms with Gasteiger partial charge in [0.2, 0.25) is 6.29 Å². The zero-order chi connectivity index (χ0) is 40.0. The van der Waals surface area contributed by atoms with Crippen LogP contribution in [-0.2, 0) is 42.4 Å². The van der Waals surface area contributed by atoms with E-state index in [-0.39, 0.29) is 83.7 Å². The minimum Gasteiger partial charge on any atom is -0.462 e. The summed E-state index contributed by atoms with van der Waals surface area (Å²) in [5.74, 6) is -0.285. The van der Waals surface area contributed by atoms with E-state index < -0.39 is 20.7 Å². The molecule has 0 N–H and O–H groups in total. The summed E-state index contributed by atoms with van der Waals surface area (Å²) in [7, 11) is 2.57. The Balaban J connectivity index is 1.68. The first kappa shape index (κ1) is 44.6. The summed E-state index contributed by atoms with van der Waals surface area (Å²) in [5.41, 5.74) is 0.902. The molecule has 1 aromatic carbocycles. The monoisotopic (exact) mass is 836 g/mol. The van der Waals surface area contributed by atoms with Gasteiger partial charge in [-0.3, -0.25) is 9.59 Å². The number of rotatable bonds is 11. The number of hydrogen-bond donors (Lipinski definition) is 0. The van der Waals surface area contributed by atoms with Crippen LogP contribution in [-0.4, -0.2) is 90.6 Å². The average molecular weight is 838 g/mol. The maximum absolute atomic E-state index is 13.7. The highest BCUT2D eigenvalue weighted by molar-refractivity contribution is 9.10. The highest BCUT2D eigenvalue weighted by Crippen LogP contribution is 2.46. The molecule has 2 heterocycles. The molecule has 0 saturated carbocycles. The number of carbonyl (C=O) groups excluding carboxylic acids is 2. The topological polar surface area (TPSA) is 108 Å². The first-order valence-corrected chi connectivity index (χ1v) is 23.3. The van der Waals surface area contributed by atoms with Gasteiger partial charge in [-0.15, -0.1) is 0 Å². The Morgan fingerprint density at radius 1 is 1.00 bits per heavy atom. The van der Waals surface area contributed by atoms with Crippen molar-refractivity contribution in [2.45, 2.75) is 148 Å². The quantitative estimate of drug-likeness (QED) is 0.122. The molecule has 304 valence electrons. The van der Waals surface area contributed by atoms with Crippen LogP contribution in [0.2, 0.25) is 18.1 Å². The van der Waals surface area contributed by atoms with E-state index in [4.69, 9.17) is 37.6 Å². The first-order valence-electron chi connectivity index (χ1n) is 19.6. The Bertz CT molecular complexity index is 1460. The smallest absolute Gasteiger partial charge is 0.306 e. The number of halogens is 1. The Labute approximate surface area is 333 Å². The Morgan fingerprint density at radius 3 is 2.30 bits per heavy atom. The fourth-order valence-electron chi connectivity index (χ4n) is 7.84. The van der Waals surface area contributed by atoms with Crippen LogP contribution in [0.15, 0.2) is 40.9 Å². The van der Waals surface area contributed by atoms with Gasteiger partial charge in [-0.2, -0.15) is 0 Å². The molecular weight excluding hydrogens is 772 g/mol. The molecule has 3 aliphatic rings. The summed E-state index contributed by atoms with van der Waals surface area (Å²) in [6, 6.07) is 5.78. The third-order valence-corrected chi connectivity index (χ3v) is 17.2. The van der Waals surface area contributed by atoms with Gasteiger partial charge in [0.05, 0.1) is 12.2 Å². The Hall–Kier alpha value is -2.06. The molecule has 0 spiro atoms. The van der Waals surface area contributed by atoms with E-state index in [0.29, 0.717) is 12.2 Å². The Morgan fingerprint density at radius 2 is 1.69 bits per heavy atom. The number of allylic oxidation sites excluding steroid dienone is 2. The van der Waals surface area contributed by atoms with Crippen molar-refractivity contribution < 1.29 is 47.2 Å². The number of carbonyl (C=O) groups is 2. The molecule has 2 saturated heterocycles. The van der Waals surface area contributed by atoms with E-state index in [9.17, 15) is 9.59 Å². The van der Waals surface area contributed by atoms with Crippen molar-refractivity contribution in [2.75, 3.05) is 21.3 Å². The number of benzene rings is 1. The van der Waals surface area contributed by atoms with Crippen molar-refractivity contribution in [1.82, 2.24) is 0 Å². The van der Waals surface area contributed by atoms with E-state index in [0.717, 1.165) is 29.3 Å². The molecule has 0 amide bonds. The molecule has 0 radical (unpaired) electrons. The van der Waals surface area contributed by atoms with Crippen molar-refractivity contribution in [2.24, 2.45) is 23.7 Å². The number of ether oxygens (including phenoxy) is 7. The first-order chi connectivity index (χ1) is 25.4. The SMILES string of the molecule is CC[C@H]1CCC[C@H](OC(C)=O)[C@@H](C)[C@H](O[Si](C)(C)C(C)(C)C)[C@H]2C=C[C@H](/C=C\c3cc(O[C@@H]4O[C@@H](C)[C@H](OC)[C@@H](OC)[C@H]4OC)ccc3Br)[C@H]2CC(=O)O1. The summed E-state index contributed by atoms with van der Waals surface area (Å²) in [5, 5.41) is -0.0446. The molecule has 54 heavy (non-hydrogen) atoms. The summed E-state index contributed by atoms with van der Waals surface area (Å²) in [6.45, 7) is 18.8. The van der Waals surface area contributed by atoms with Gasteiger partial charge in [0.25, 0.3) is 0 Å². The molecule has 4 rings (SSSR count). The molecule has 0 unspecified atom stereocenters. The van der Waals surface area contributed by atoms with Crippen LogP contribution in [0.3, 0.4) is 0 Å². The van der Waals surface area contributed by atoms with Crippen LogP contribution in [0.4, 0.5) is 0 Å². The predicted octanol–water partition coefficient (Wildman–Crippen LogP) is 8.90. The van der Waals surface area contributed by atoms with Crippen molar-refractivity contribution in [3.63, 3.8) is 0 Å². The maximum Gasteiger partial charge on any atom is 0.306 e. The minimum atomic E-state index is -2.30. The van der Waals surface area contributed by atoms with Crippen molar-refractivity contribution >= 4 is 42.3 Å². The molecule has 1 aliphatic carbocycles. The Kier molecular flexibility index (Phi) is 16.0. The van der Waals surface area contributed by atoms with Crippen LogP contribution in [0.25, 0.3) is 6.08 Å². The lowest BCUT2D eigenvalue weighted by molar-refractivity contribution is -0.282. The molecule has 2 aliphatic heterocycles. The molecule has 10 nitrogen and oxygen atoms in total. The largest absolute Gasteiger partial charge is 0.462 e. The van der Waals surface area contributed by atoms with Crippen LogP contribution in [0.1, 0.15) is 86.1 Å². The van der Waals surface area contributed by atoms with Gasteiger partial charge in [0.1, 0.15) is 36.3 Å². The normalized spacial score (nSPS) is 34.1. The number of cyclic esters (lactones) is 1. The number of methoxy groups -OCH3 is 3. The van der Waals surface area contributed by atoms with Crippen LogP contribution in [0, 0.1) is 23.7 Å². The number of esters is 2. The van der Waals surface area contributed by atoms with Crippen LogP contribution >= 0.6 is 15.9 Å². The average Bonchev–Trinajstić information content (AvgIpc) is 3.49. The lowest BCUT2D eigenvalue weighted by Gasteiger charge is -2.45. The van der Waals surface area contributed by atoms with Gasteiger partial charge >= 0.3 is 11.9 Å². The summed E-state index contributed by atoms with van der Waals surface area (Å²) < 4.78 is 50.1. The summed E-state index contributed by atoms with van der Waals surface area (Å²) in [6.07, 6.45) is 8.80. The molecule has 12 heteroatoms. The lowest BCUT2D eigenvalue weighted by atomic mass is 9.77. The molecule has 0 bridgehead atoms. The van der Waals surface area contributed by atoms with E-state index in [1.54, 1.807) is 21.3 Å². The highest BCUT2D eigenvalue weighted by Gasteiger charge is 2.49. The van der Waals surface area contributed by atoms with Gasteiger partial charge in [0.15, 0.2) is 8.32 Å². The van der Waals surface area contributed by atoms with Gasteiger partial charge in [0, 0.05) is 51.0 Å². The van der Waals surface area contributed by atoms with Crippen molar-refractivity contribution in [3.8, 4) is 5.75 Å².